The first-order valence-electron chi connectivity index (χ1n) is 9.21. The highest BCUT2D eigenvalue weighted by Crippen LogP contribution is 2.26. The lowest BCUT2D eigenvalue weighted by molar-refractivity contribution is 0.400. The fourth-order valence-corrected chi connectivity index (χ4v) is 2.95. The predicted molar refractivity (Wildman–Crippen MR) is 111 cm³/mol. The van der Waals surface area contributed by atoms with Crippen LogP contribution < -0.4 is 10.6 Å². The van der Waals surface area contributed by atoms with Gasteiger partial charge in [-0.05, 0) is 25.0 Å². The fraction of sp³-hybridized carbons (Fsp3) is 0.136. The minimum atomic E-state index is 0.518. The van der Waals surface area contributed by atoms with Crippen molar-refractivity contribution in [3.05, 3.63) is 78.1 Å². The Balaban J connectivity index is 1.73. The summed E-state index contributed by atoms with van der Waals surface area (Å²) in [6, 6.07) is 21.9. The molecule has 0 saturated heterocycles. The molecule has 0 radical (unpaired) electrons. The lowest BCUT2D eigenvalue weighted by Gasteiger charge is -2.12. The van der Waals surface area contributed by atoms with Gasteiger partial charge in [-0.25, -0.2) is 4.98 Å². The Bertz CT molecular complexity index is 1080. The summed E-state index contributed by atoms with van der Waals surface area (Å²) in [5, 5.41) is 10.5. The maximum atomic E-state index is 5.14. The first kappa shape index (κ1) is 17.7. The van der Waals surface area contributed by atoms with Gasteiger partial charge in [-0.1, -0.05) is 60.6 Å². The van der Waals surface area contributed by atoms with Gasteiger partial charge in [-0.2, -0.15) is 4.98 Å². The lowest BCUT2D eigenvalue weighted by atomic mass is 10.1. The number of para-hydroxylation sites is 1. The molecule has 0 unspecified atom stereocenters. The minimum absolute atomic E-state index is 0.518. The molecule has 2 aromatic heterocycles. The van der Waals surface area contributed by atoms with Crippen LogP contribution in [0.25, 0.3) is 11.3 Å². The zero-order valence-corrected chi connectivity index (χ0v) is 15.8. The molecule has 0 saturated carbocycles. The van der Waals surface area contributed by atoms with Gasteiger partial charge in [-0.15, -0.1) is 0 Å². The summed E-state index contributed by atoms with van der Waals surface area (Å²) in [6.07, 6.45) is 0.922. The van der Waals surface area contributed by atoms with Crippen molar-refractivity contribution < 1.29 is 4.52 Å². The first-order valence-corrected chi connectivity index (χ1v) is 9.21. The summed E-state index contributed by atoms with van der Waals surface area (Å²) in [5.74, 6) is 2.49. The Kier molecular flexibility index (Phi) is 5.01. The topological polar surface area (TPSA) is 75.9 Å². The smallest absolute Gasteiger partial charge is 0.229 e. The SMILES string of the molecule is CCc1ccccc1Nc1nc(Nc2cc(C)on2)cc(-c2ccccc2)n1. The van der Waals surface area contributed by atoms with Gasteiger partial charge in [0, 0.05) is 23.4 Å². The molecular formula is C22H21N5O. The van der Waals surface area contributed by atoms with Crippen molar-refractivity contribution in [3.63, 3.8) is 0 Å². The van der Waals surface area contributed by atoms with E-state index in [1.54, 1.807) is 0 Å². The number of hydrogen-bond acceptors (Lipinski definition) is 6. The van der Waals surface area contributed by atoms with E-state index in [4.69, 9.17) is 9.51 Å². The number of hydrogen-bond donors (Lipinski definition) is 2. The van der Waals surface area contributed by atoms with Gasteiger partial charge in [0.25, 0.3) is 0 Å². The maximum Gasteiger partial charge on any atom is 0.229 e. The highest BCUT2D eigenvalue weighted by atomic mass is 16.5. The van der Waals surface area contributed by atoms with Crippen molar-refractivity contribution in [3.8, 4) is 11.3 Å². The molecule has 0 aliphatic rings. The highest BCUT2D eigenvalue weighted by molar-refractivity contribution is 5.68. The summed E-state index contributed by atoms with van der Waals surface area (Å²) < 4.78 is 5.14. The Hall–Kier alpha value is -3.67. The monoisotopic (exact) mass is 371 g/mol. The van der Waals surface area contributed by atoms with Gasteiger partial charge in [-0.3, -0.25) is 0 Å². The van der Waals surface area contributed by atoms with E-state index in [-0.39, 0.29) is 0 Å². The summed E-state index contributed by atoms with van der Waals surface area (Å²) in [7, 11) is 0. The third-order valence-corrected chi connectivity index (χ3v) is 4.32. The van der Waals surface area contributed by atoms with Crippen molar-refractivity contribution in [2.45, 2.75) is 20.3 Å². The maximum absolute atomic E-state index is 5.14. The van der Waals surface area contributed by atoms with Gasteiger partial charge >= 0.3 is 0 Å². The number of nitrogens with one attached hydrogen (secondary N) is 2. The second-order valence-corrected chi connectivity index (χ2v) is 6.41. The molecule has 0 spiro atoms. The summed E-state index contributed by atoms with van der Waals surface area (Å²) in [5.41, 5.74) is 4.03. The number of rotatable bonds is 6. The third-order valence-electron chi connectivity index (χ3n) is 4.32. The van der Waals surface area contributed by atoms with Gasteiger partial charge < -0.3 is 15.2 Å². The van der Waals surface area contributed by atoms with E-state index in [0.29, 0.717) is 17.6 Å². The van der Waals surface area contributed by atoms with Crippen LogP contribution in [0.2, 0.25) is 0 Å². The van der Waals surface area contributed by atoms with Gasteiger partial charge in [0.2, 0.25) is 5.95 Å². The number of nitrogens with zero attached hydrogens (tertiary/aromatic N) is 3. The molecule has 4 aromatic rings. The molecule has 2 heterocycles. The third kappa shape index (κ3) is 4.01. The molecule has 0 amide bonds. The van der Waals surface area contributed by atoms with Crippen molar-refractivity contribution in [2.24, 2.45) is 0 Å². The Morgan fingerprint density at radius 2 is 1.64 bits per heavy atom. The van der Waals surface area contributed by atoms with E-state index >= 15 is 0 Å². The van der Waals surface area contributed by atoms with Crippen LogP contribution >= 0.6 is 0 Å². The quantitative estimate of drug-likeness (QED) is 0.467. The van der Waals surface area contributed by atoms with E-state index in [1.807, 2.05) is 67.6 Å². The van der Waals surface area contributed by atoms with E-state index in [1.165, 1.54) is 5.56 Å². The molecule has 0 aliphatic heterocycles. The number of anilines is 4. The molecule has 6 heteroatoms. The van der Waals surface area contributed by atoms with Crippen LogP contribution in [0.3, 0.4) is 0 Å². The average molecular weight is 371 g/mol. The largest absolute Gasteiger partial charge is 0.360 e. The molecular weight excluding hydrogens is 350 g/mol. The fourth-order valence-electron chi connectivity index (χ4n) is 2.95. The molecule has 6 nitrogen and oxygen atoms in total. The first-order chi connectivity index (χ1) is 13.7. The molecule has 140 valence electrons. The number of aryl methyl sites for hydroxylation is 2. The zero-order chi connectivity index (χ0) is 19.3. The van der Waals surface area contributed by atoms with Gasteiger partial charge in [0.15, 0.2) is 5.82 Å². The van der Waals surface area contributed by atoms with Crippen LogP contribution in [0.1, 0.15) is 18.2 Å². The molecule has 28 heavy (non-hydrogen) atoms. The van der Waals surface area contributed by atoms with Crippen molar-refractivity contribution in [1.29, 1.82) is 0 Å². The molecule has 0 fully saturated rings. The van der Waals surface area contributed by atoms with Crippen molar-refractivity contribution in [2.75, 3.05) is 10.6 Å². The lowest BCUT2D eigenvalue weighted by Crippen LogP contribution is -2.04. The average Bonchev–Trinajstić information content (AvgIpc) is 3.13. The Morgan fingerprint density at radius 3 is 2.39 bits per heavy atom. The standard InChI is InChI=1S/C22H21N5O/c1-3-16-9-7-8-12-18(16)23-22-24-19(17-10-5-4-6-11-17)14-20(26-22)25-21-13-15(2)28-27-21/h4-14H,3H2,1-2H3,(H2,23,24,25,26,27). The molecule has 0 aliphatic carbocycles. The van der Waals surface area contributed by atoms with Crippen molar-refractivity contribution in [1.82, 2.24) is 15.1 Å². The number of aromatic nitrogens is 3. The van der Waals surface area contributed by atoms with Crippen LogP contribution in [0.5, 0.6) is 0 Å². The van der Waals surface area contributed by atoms with Crippen LogP contribution in [0.15, 0.2) is 71.3 Å². The van der Waals surface area contributed by atoms with Crippen LogP contribution in [-0.2, 0) is 6.42 Å². The summed E-state index contributed by atoms with van der Waals surface area (Å²) >= 11 is 0. The van der Waals surface area contributed by atoms with E-state index in [0.717, 1.165) is 29.1 Å². The Morgan fingerprint density at radius 1 is 0.857 bits per heavy atom. The minimum Gasteiger partial charge on any atom is -0.360 e. The van der Waals surface area contributed by atoms with E-state index in [2.05, 4.69) is 33.8 Å². The second-order valence-electron chi connectivity index (χ2n) is 6.41. The number of benzene rings is 2. The normalized spacial score (nSPS) is 10.6. The molecule has 2 aromatic carbocycles. The van der Waals surface area contributed by atoms with Crippen LogP contribution in [0.4, 0.5) is 23.3 Å². The molecule has 2 N–H and O–H groups in total. The summed E-state index contributed by atoms with van der Waals surface area (Å²) in [4.78, 5) is 9.33. The molecule has 4 rings (SSSR count). The second kappa shape index (κ2) is 7.92. The van der Waals surface area contributed by atoms with E-state index in [9.17, 15) is 0 Å². The molecule has 0 atom stereocenters. The van der Waals surface area contributed by atoms with Crippen molar-refractivity contribution >= 4 is 23.3 Å². The molecule has 0 bridgehead atoms. The zero-order valence-electron chi connectivity index (χ0n) is 15.8. The van der Waals surface area contributed by atoms with Gasteiger partial charge in [0.1, 0.15) is 11.6 Å². The summed E-state index contributed by atoms with van der Waals surface area (Å²) in [6.45, 7) is 3.98. The Labute approximate surface area is 163 Å². The van der Waals surface area contributed by atoms with Crippen LogP contribution in [-0.4, -0.2) is 15.1 Å². The van der Waals surface area contributed by atoms with Gasteiger partial charge in [0.05, 0.1) is 5.69 Å². The van der Waals surface area contributed by atoms with Crippen LogP contribution in [0, 0.1) is 6.92 Å². The highest BCUT2D eigenvalue weighted by Gasteiger charge is 2.10. The van der Waals surface area contributed by atoms with E-state index < -0.39 is 0 Å². The predicted octanol–water partition coefficient (Wildman–Crippen LogP) is 5.49.